The molecule has 2 atom stereocenters. The molecule has 2 N–H and O–H groups in total. The van der Waals surface area contributed by atoms with E-state index in [0.29, 0.717) is 38.5 Å². The second-order valence-corrected chi connectivity index (χ2v) is 11.5. The molecule has 6 rings (SSSR count). The number of benzene rings is 2. The first-order chi connectivity index (χ1) is 20.6. The van der Waals surface area contributed by atoms with Crippen LogP contribution in [0.15, 0.2) is 79.3 Å². The number of nitrogens with zero attached hydrogens (tertiary/aromatic N) is 5. The predicted octanol–water partition coefficient (Wildman–Crippen LogP) is 4.00. The number of hydrogen-bond donors (Lipinski definition) is 2. The number of pyridine rings is 1. The number of imidazole rings is 1. The van der Waals surface area contributed by atoms with Gasteiger partial charge in [0.2, 0.25) is 5.91 Å². The van der Waals surface area contributed by atoms with Crippen molar-refractivity contribution in [1.29, 1.82) is 0 Å². The zero-order chi connectivity index (χ0) is 28.9. The summed E-state index contributed by atoms with van der Waals surface area (Å²) in [5, 5.41) is 13.9. The second-order valence-electron chi connectivity index (χ2n) is 11.1. The lowest BCUT2D eigenvalue weighted by atomic mass is 9.95. The molecule has 0 bridgehead atoms. The van der Waals surface area contributed by atoms with Crippen LogP contribution in [0.3, 0.4) is 0 Å². The molecule has 218 valence electrons. The summed E-state index contributed by atoms with van der Waals surface area (Å²) < 4.78 is 1.95. The fraction of sp³-hybridized carbons (Fsp3) is 0.364. The minimum atomic E-state index is -0.338. The first-order valence-corrected chi connectivity index (χ1v) is 15.1. The molecule has 2 aliphatic rings. The van der Waals surface area contributed by atoms with Crippen LogP contribution in [0.25, 0.3) is 0 Å². The van der Waals surface area contributed by atoms with Crippen LogP contribution < -0.4 is 5.32 Å². The standard InChI is InChI=1S/C33H37ClN6O2/c34-27-11-12-28-26(20-27)10-9-25-8-4-13-37-31(25)32(28)39-19-14-35-29(22-39)33(42)40(21-24-6-2-1-3-7-24)17-5-16-38-18-15-36-30(38)23-41/h1-4,6-8,11-13,15,18,20,29,32,35,41H,5,9-10,14,16-17,19,21-23H2/t29-,32+/m1/s1. The van der Waals surface area contributed by atoms with Gasteiger partial charge >= 0.3 is 0 Å². The van der Waals surface area contributed by atoms with Crippen LogP contribution in [0.1, 0.15) is 46.2 Å². The van der Waals surface area contributed by atoms with Gasteiger partial charge in [0.05, 0.1) is 17.8 Å². The highest BCUT2D eigenvalue weighted by molar-refractivity contribution is 6.30. The topological polar surface area (TPSA) is 86.5 Å². The summed E-state index contributed by atoms with van der Waals surface area (Å²) >= 11 is 6.43. The van der Waals surface area contributed by atoms with Gasteiger partial charge in [-0.3, -0.25) is 14.7 Å². The Balaban J connectivity index is 1.24. The first kappa shape index (κ1) is 28.6. The van der Waals surface area contributed by atoms with E-state index < -0.39 is 0 Å². The monoisotopic (exact) mass is 584 g/mol. The number of carbonyl (C=O) groups is 1. The molecule has 3 heterocycles. The van der Waals surface area contributed by atoms with Crippen molar-refractivity contribution in [2.75, 3.05) is 26.2 Å². The van der Waals surface area contributed by atoms with E-state index in [1.54, 1.807) is 6.20 Å². The SMILES string of the molecule is O=C([C@H]1CN([C@H]2c3ccc(Cl)cc3CCc3cccnc32)CCN1)N(CCCn1ccnc1CO)Cc1ccccc1. The van der Waals surface area contributed by atoms with E-state index in [1.807, 2.05) is 52.2 Å². The second kappa shape index (κ2) is 13.2. The molecule has 8 nitrogen and oxygen atoms in total. The van der Waals surface area contributed by atoms with Crippen LogP contribution in [-0.2, 0) is 37.3 Å². The van der Waals surface area contributed by atoms with Crippen molar-refractivity contribution in [3.8, 4) is 0 Å². The lowest BCUT2D eigenvalue weighted by molar-refractivity contribution is -0.135. The molecule has 2 aromatic carbocycles. The average Bonchev–Trinajstić information content (AvgIpc) is 3.42. The molecule has 4 aromatic rings. The fourth-order valence-electron chi connectivity index (χ4n) is 6.34. The molecule has 1 aliphatic carbocycles. The van der Waals surface area contributed by atoms with E-state index in [9.17, 15) is 9.90 Å². The maximum Gasteiger partial charge on any atom is 0.241 e. The third kappa shape index (κ3) is 6.27. The third-order valence-corrected chi connectivity index (χ3v) is 8.65. The smallest absolute Gasteiger partial charge is 0.241 e. The van der Waals surface area contributed by atoms with Gasteiger partial charge < -0.3 is 19.9 Å². The Bertz CT molecular complexity index is 1510. The summed E-state index contributed by atoms with van der Waals surface area (Å²) in [6, 6.07) is 20.2. The van der Waals surface area contributed by atoms with E-state index in [2.05, 4.69) is 45.5 Å². The van der Waals surface area contributed by atoms with Crippen molar-refractivity contribution in [2.45, 2.75) is 51.0 Å². The van der Waals surface area contributed by atoms with Gasteiger partial charge in [0.25, 0.3) is 0 Å². The molecule has 1 amide bonds. The van der Waals surface area contributed by atoms with Crippen LogP contribution in [0, 0.1) is 0 Å². The van der Waals surface area contributed by atoms with E-state index in [1.165, 1.54) is 16.7 Å². The molecule has 0 unspecified atom stereocenters. The summed E-state index contributed by atoms with van der Waals surface area (Å²) in [6.07, 6.45) is 8.04. The van der Waals surface area contributed by atoms with E-state index >= 15 is 0 Å². The highest BCUT2D eigenvalue weighted by Gasteiger charge is 2.36. The number of aromatic nitrogens is 3. The number of rotatable bonds is 9. The minimum Gasteiger partial charge on any atom is -0.388 e. The number of aliphatic hydroxyl groups excluding tert-OH is 1. The Morgan fingerprint density at radius 1 is 1.05 bits per heavy atom. The quantitative estimate of drug-likeness (QED) is 0.309. The highest BCUT2D eigenvalue weighted by Crippen LogP contribution is 2.37. The van der Waals surface area contributed by atoms with Crippen molar-refractivity contribution in [2.24, 2.45) is 0 Å². The molecule has 1 fully saturated rings. The molecule has 42 heavy (non-hydrogen) atoms. The van der Waals surface area contributed by atoms with Crippen LogP contribution in [0.4, 0.5) is 0 Å². The van der Waals surface area contributed by atoms with Crippen molar-refractivity contribution >= 4 is 17.5 Å². The van der Waals surface area contributed by atoms with Gasteiger partial charge in [-0.05, 0) is 59.7 Å². The van der Waals surface area contributed by atoms with Crippen LogP contribution in [-0.4, -0.2) is 67.6 Å². The van der Waals surface area contributed by atoms with Gasteiger partial charge in [-0.1, -0.05) is 54.1 Å². The van der Waals surface area contributed by atoms with Crippen LogP contribution in [0.2, 0.25) is 5.02 Å². The average molecular weight is 585 g/mol. The lowest BCUT2D eigenvalue weighted by Gasteiger charge is -2.40. The summed E-state index contributed by atoms with van der Waals surface area (Å²) in [7, 11) is 0. The number of aliphatic hydroxyl groups is 1. The van der Waals surface area contributed by atoms with Crippen molar-refractivity contribution in [1.82, 2.24) is 29.7 Å². The van der Waals surface area contributed by atoms with E-state index in [-0.39, 0.29) is 24.6 Å². The Morgan fingerprint density at radius 2 is 1.90 bits per heavy atom. The van der Waals surface area contributed by atoms with E-state index in [0.717, 1.165) is 42.1 Å². The Morgan fingerprint density at radius 3 is 2.76 bits per heavy atom. The number of piperazine rings is 1. The van der Waals surface area contributed by atoms with Gasteiger partial charge in [-0.2, -0.15) is 0 Å². The molecule has 1 aliphatic heterocycles. The molecule has 0 saturated carbocycles. The number of fused-ring (bicyclic) bond motifs is 2. The zero-order valence-corrected chi connectivity index (χ0v) is 24.5. The fourth-order valence-corrected chi connectivity index (χ4v) is 6.54. The van der Waals surface area contributed by atoms with Crippen LogP contribution in [0.5, 0.6) is 0 Å². The summed E-state index contributed by atoms with van der Waals surface area (Å²) in [4.78, 5) is 27.7. The van der Waals surface area contributed by atoms with Gasteiger partial charge in [-0.15, -0.1) is 0 Å². The third-order valence-electron chi connectivity index (χ3n) is 8.42. The van der Waals surface area contributed by atoms with Gasteiger partial charge in [0, 0.05) is 62.9 Å². The first-order valence-electron chi connectivity index (χ1n) is 14.7. The van der Waals surface area contributed by atoms with Crippen LogP contribution >= 0.6 is 11.6 Å². The maximum atomic E-state index is 14.2. The summed E-state index contributed by atoms with van der Waals surface area (Å²) in [5.74, 6) is 0.738. The van der Waals surface area contributed by atoms with Crippen molar-refractivity contribution < 1.29 is 9.90 Å². The van der Waals surface area contributed by atoms with Gasteiger partial charge in [-0.25, -0.2) is 4.98 Å². The Kier molecular flexibility index (Phi) is 8.95. The molecule has 9 heteroatoms. The number of hydrogen-bond acceptors (Lipinski definition) is 6. The normalized spacial score (nSPS) is 18.6. The van der Waals surface area contributed by atoms with Crippen molar-refractivity contribution in [3.05, 3.63) is 118 Å². The molecular weight excluding hydrogens is 548 g/mol. The van der Waals surface area contributed by atoms with Crippen molar-refractivity contribution in [3.63, 3.8) is 0 Å². The highest BCUT2D eigenvalue weighted by atomic mass is 35.5. The Labute approximate surface area is 252 Å². The van der Waals surface area contributed by atoms with Gasteiger partial charge in [0.15, 0.2) is 0 Å². The molecular formula is C33H37ClN6O2. The maximum absolute atomic E-state index is 14.2. The largest absolute Gasteiger partial charge is 0.388 e. The summed E-state index contributed by atoms with van der Waals surface area (Å²) in [5.41, 5.74) is 5.91. The zero-order valence-electron chi connectivity index (χ0n) is 23.7. The molecule has 1 saturated heterocycles. The molecule has 2 aromatic heterocycles. The number of nitrogens with one attached hydrogen (secondary N) is 1. The Hall–Kier alpha value is -3.56. The van der Waals surface area contributed by atoms with E-state index in [4.69, 9.17) is 16.6 Å². The number of amides is 1. The number of aryl methyl sites for hydroxylation is 3. The van der Waals surface area contributed by atoms with Gasteiger partial charge in [0.1, 0.15) is 12.4 Å². The number of halogens is 1. The summed E-state index contributed by atoms with van der Waals surface area (Å²) in [6.45, 7) is 3.84. The molecule has 0 spiro atoms. The lowest BCUT2D eigenvalue weighted by Crippen LogP contribution is -2.58. The number of carbonyl (C=O) groups excluding carboxylic acids is 1. The predicted molar refractivity (Wildman–Crippen MR) is 163 cm³/mol. The molecule has 0 radical (unpaired) electrons. The minimum absolute atomic E-state index is 0.0333.